The van der Waals surface area contributed by atoms with E-state index >= 15 is 0 Å². The van der Waals surface area contributed by atoms with Gasteiger partial charge in [0.15, 0.2) is 0 Å². The molecule has 9 heteroatoms. The molecule has 0 N–H and O–H groups in total. The Hall–Kier alpha value is -2.42. The number of aromatic nitrogens is 1. The summed E-state index contributed by atoms with van der Waals surface area (Å²) < 4.78 is 10.3. The second-order valence-corrected chi connectivity index (χ2v) is 8.45. The number of nitrogens with zero attached hydrogens (tertiary/aromatic N) is 4. The molecule has 3 rings (SSSR count). The Labute approximate surface area is 177 Å². The van der Waals surface area contributed by atoms with Crippen molar-refractivity contribution in [3.8, 4) is 0 Å². The zero-order valence-electron chi connectivity index (χ0n) is 18.3. The third kappa shape index (κ3) is 4.08. The summed E-state index contributed by atoms with van der Waals surface area (Å²) in [4.78, 5) is 44.0. The van der Waals surface area contributed by atoms with Gasteiger partial charge in [-0.1, -0.05) is 25.9 Å². The number of methoxy groups -OCH3 is 1. The molecule has 0 saturated carbocycles. The van der Waals surface area contributed by atoms with Crippen molar-refractivity contribution in [2.24, 2.45) is 5.92 Å². The van der Waals surface area contributed by atoms with E-state index in [1.165, 1.54) is 4.90 Å². The summed E-state index contributed by atoms with van der Waals surface area (Å²) in [5.41, 5.74) is -0.139. The quantitative estimate of drug-likeness (QED) is 0.472. The van der Waals surface area contributed by atoms with Crippen molar-refractivity contribution in [3.05, 3.63) is 17.5 Å². The van der Waals surface area contributed by atoms with Gasteiger partial charge >= 0.3 is 6.03 Å². The number of hydrogen-bond donors (Lipinski definition) is 0. The molecule has 2 fully saturated rings. The van der Waals surface area contributed by atoms with E-state index in [-0.39, 0.29) is 29.5 Å². The molecule has 0 atom stereocenters. The third-order valence-corrected chi connectivity index (χ3v) is 5.91. The predicted octanol–water partition coefficient (Wildman–Crippen LogP) is 2.17. The lowest BCUT2D eigenvalue weighted by Gasteiger charge is -2.42. The topological polar surface area (TPSA) is 96.2 Å². The highest BCUT2D eigenvalue weighted by Crippen LogP contribution is 2.38. The number of likely N-dealkylation sites (tertiary alicyclic amines) is 1. The van der Waals surface area contributed by atoms with Crippen molar-refractivity contribution >= 4 is 17.8 Å². The zero-order chi connectivity index (χ0) is 21.9. The van der Waals surface area contributed by atoms with Crippen molar-refractivity contribution in [2.75, 3.05) is 39.9 Å². The normalized spacial score (nSPS) is 18.9. The second-order valence-electron chi connectivity index (χ2n) is 8.45. The Bertz CT molecular complexity index is 782. The van der Waals surface area contributed by atoms with Gasteiger partial charge in [-0.3, -0.25) is 14.5 Å². The molecule has 1 aromatic rings. The van der Waals surface area contributed by atoms with E-state index in [1.54, 1.807) is 23.0 Å². The van der Waals surface area contributed by atoms with Crippen molar-refractivity contribution in [1.82, 2.24) is 19.9 Å². The Morgan fingerprint density at radius 2 is 2.00 bits per heavy atom. The number of piperidine rings is 1. The molecule has 0 radical (unpaired) electrons. The van der Waals surface area contributed by atoms with E-state index in [1.807, 2.05) is 20.8 Å². The third-order valence-electron chi connectivity index (χ3n) is 5.91. The summed E-state index contributed by atoms with van der Waals surface area (Å²) in [5.74, 6) is 0.0844. The number of aryl methyl sites for hydroxylation is 1. The molecule has 0 aromatic carbocycles. The number of carbonyl (C=O) groups excluding carboxylic acids is 3. The Kier molecular flexibility index (Phi) is 6.80. The lowest BCUT2D eigenvalue weighted by Crippen LogP contribution is -2.58. The summed E-state index contributed by atoms with van der Waals surface area (Å²) in [6.07, 6.45) is 2.15. The molecule has 4 amide bonds. The number of carbonyl (C=O) groups is 3. The van der Waals surface area contributed by atoms with Crippen LogP contribution in [-0.4, -0.2) is 83.1 Å². The minimum Gasteiger partial charge on any atom is -0.385 e. The Balaban J connectivity index is 1.75. The first-order chi connectivity index (χ1) is 14.3. The predicted molar refractivity (Wildman–Crippen MR) is 109 cm³/mol. The van der Waals surface area contributed by atoms with Crippen LogP contribution in [0.25, 0.3) is 0 Å². The van der Waals surface area contributed by atoms with Crippen LogP contribution in [0.4, 0.5) is 4.79 Å². The molecule has 3 heterocycles. The maximum Gasteiger partial charge on any atom is 0.327 e. The van der Waals surface area contributed by atoms with Gasteiger partial charge in [-0.15, -0.1) is 0 Å². The zero-order valence-corrected chi connectivity index (χ0v) is 18.3. The summed E-state index contributed by atoms with van der Waals surface area (Å²) in [6.45, 7) is 8.15. The fourth-order valence-electron chi connectivity index (χ4n) is 4.26. The molecule has 9 nitrogen and oxygen atoms in total. The monoisotopic (exact) mass is 420 g/mol. The van der Waals surface area contributed by atoms with Gasteiger partial charge in [0.05, 0.1) is 5.69 Å². The van der Waals surface area contributed by atoms with E-state index < -0.39 is 5.54 Å². The fourth-order valence-corrected chi connectivity index (χ4v) is 4.26. The van der Waals surface area contributed by atoms with E-state index in [9.17, 15) is 14.4 Å². The highest BCUT2D eigenvalue weighted by atomic mass is 16.5. The molecular weight excluding hydrogens is 388 g/mol. The molecule has 1 aromatic heterocycles. The summed E-state index contributed by atoms with van der Waals surface area (Å²) in [7, 11) is 1.60. The summed E-state index contributed by atoms with van der Waals surface area (Å²) in [6, 6.07) is 1.44. The number of amides is 4. The van der Waals surface area contributed by atoms with Crippen molar-refractivity contribution in [3.63, 3.8) is 0 Å². The second kappa shape index (κ2) is 9.16. The van der Waals surface area contributed by atoms with Crippen molar-refractivity contribution in [2.45, 2.75) is 52.0 Å². The summed E-state index contributed by atoms with van der Waals surface area (Å²) >= 11 is 0. The van der Waals surface area contributed by atoms with Crippen molar-refractivity contribution in [1.29, 1.82) is 0 Å². The van der Waals surface area contributed by atoms with Crippen molar-refractivity contribution < 1.29 is 23.6 Å². The highest BCUT2D eigenvalue weighted by molar-refractivity contribution is 6.07. The van der Waals surface area contributed by atoms with Crippen LogP contribution in [0.1, 0.15) is 56.3 Å². The summed E-state index contributed by atoms with van der Waals surface area (Å²) in [5, 5.41) is 3.89. The van der Waals surface area contributed by atoms with E-state index in [4.69, 9.17) is 9.26 Å². The highest BCUT2D eigenvalue weighted by Gasteiger charge is 2.58. The molecule has 30 heavy (non-hydrogen) atoms. The number of rotatable bonds is 8. The van der Waals surface area contributed by atoms with Crippen LogP contribution >= 0.6 is 0 Å². The SMILES string of the molecule is CCc1cc(C(=O)N2CCC3(CC2)C(=O)N(CCCOC)C(=O)N3CC(C)C)on1. The Morgan fingerprint density at radius 1 is 1.30 bits per heavy atom. The van der Waals surface area contributed by atoms with Crippen LogP contribution in [-0.2, 0) is 16.0 Å². The molecule has 0 aliphatic carbocycles. The van der Waals surface area contributed by atoms with E-state index in [0.717, 1.165) is 5.69 Å². The number of urea groups is 1. The molecular formula is C21H32N4O5. The van der Waals surface area contributed by atoms with Crippen LogP contribution in [0.15, 0.2) is 10.6 Å². The standard InChI is InChI=1S/C21H32N4O5/c1-5-16-13-17(30-22-16)18(26)23-10-7-21(8-11-23)19(27)24(9-6-12-29-4)20(28)25(21)14-15(2)3/h13,15H,5-12,14H2,1-4H3. The molecule has 2 aliphatic rings. The first-order valence-electron chi connectivity index (χ1n) is 10.7. The average molecular weight is 421 g/mol. The van der Waals surface area contributed by atoms with Crippen LogP contribution in [0.5, 0.6) is 0 Å². The van der Waals surface area contributed by atoms with E-state index in [0.29, 0.717) is 58.5 Å². The number of hydrogen-bond acceptors (Lipinski definition) is 6. The minimum absolute atomic E-state index is 0.149. The van der Waals surface area contributed by atoms with Crippen LogP contribution in [0.3, 0.4) is 0 Å². The maximum absolute atomic E-state index is 13.4. The fraction of sp³-hybridized carbons (Fsp3) is 0.714. The van der Waals surface area contributed by atoms with Gasteiger partial charge < -0.3 is 19.1 Å². The van der Waals surface area contributed by atoms with Gasteiger partial charge in [0.1, 0.15) is 5.54 Å². The Morgan fingerprint density at radius 3 is 2.57 bits per heavy atom. The maximum atomic E-state index is 13.4. The molecule has 0 unspecified atom stereocenters. The number of ether oxygens (including phenoxy) is 1. The molecule has 1 spiro atoms. The van der Waals surface area contributed by atoms with Crippen LogP contribution < -0.4 is 0 Å². The molecule has 2 saturated heterocycles. The first-order valence-corrected chi connectivity index (χ1v) is 10.7. The van der Waals surface area contributed by atoms with Crippen LogP contribution in [0.2, 0.25) is 0 Å². The lowest BCUT2D eigenvalue weighted by atomic mass is 9.85. The smallest absolute Gasteiger partial charge is 0.327 e. The lowest BCUT2D eigenvalue weighted by molar-refractivity contribution is -0.135. The van der Waals surface area contributed by atoms with Crippen LogP contribution in [0, 0.1) is 5.92 Å². The van der Waals surface area contributed by atoms with Gasteiger partial charge in [-0.2, -0.15) is 0 Å². The van der Waals surface area contributed by atoms with E-state index in [2.05, 4.69) is 5.16 Å². The van der Waals surface area contributed by atoms with Gasteiger partial charge in [0, 0.05) is 46.0 Å². The van der Waals surface area contributed by atoms with Gasteiger partial charge in [0.25, 0.3) is 11.8 Å². The van der Waals surface area contributed by atoms with Gasteiger partial charge in [0.2, 0.25) is 5.76 Å². The largest absolute Gasteiger partial charge is 0.385 e. The van der Waals surface area contributed by atoms with Gasteiger partial charge in [-0.25, -0.2) is 4.79 Å². The molecule has 0 bridgehead atoms. The van der Waals surface area contributed by atoms with Gasteiger partial charge in [-0.05, 0) is 31.6 Å². The first kappa shape index (κ1) is 22.3. The minimum atomic E-state index is -0.874. The molecule has 2 aliphatic heterocycles. The number of imide groups is 1. The molecule has 166 valence electrons. The average Bonchev–Trinajstić information content (AvgIpc) is 3.28.